The molecule has 78 valence electrons. The lowest BCUT2D eigenvalue weighted by Crippen LogP contribution is -2.20. The van der Waals surface area contributed by atoms with E-state index in [9.17, 15) is 0 Å². The van der Waals surface area contributed by atoms with Crippen molar-refractivity contribution in [3.05, 3.63) is 16.1 Å². The predicted molar refractivity (Wildman–Crippen MR) is 60.6 cm³/mol. The molecule has 0 bridgehead atoms. The van der Waals surface area contributed by atoms with E-state index in [0.29, 0.717) is 6.04 Å². The predicted octanol–water partition coefficient (Wildman–Crippen LogP) is 2.90. The van der Waals surface area contributed by atoms with Crippen LogP contribution in [0.1, 0.15) is 42.9 Å². The zero-order valence-corrected chi connectivity index (χ0v) is 9.73. The zero-order chi connectivity index (χ0) is 9.97. The van der Waals surface area contributed by atoms with Crippen molar-refractivity contribution in [1.82, 2.24) is 10.3 Å². The first-order valence-electron chi connectivity index (χ1n) is 5.41. The first-order chi connectivity index (χ1) is 6.75. The molecule has 3 heteroatoms. The summed E-state index contributed by atoms with van der Waals surface area (Å²) >= 11 is 1.76. The summed E-state index contributed by atoms with van der Waals surface area (Å²) in [6.45, 7) is 5.40. The van der Waals surface area contributed by atoms with Gasteiger partial charge in [0.2, 0.25) is 0 Å². The summed E-state index contributed by atoms with van der Waals surface area (Å²) in [6, 6.07) is 0.424. The van der Waals surface area contributed by atoms with Gasteiger partial charge in [0.25, 0.3) is 0 Å². The maximum Gasteiger partial charge on any atom is 0.110 e. The van der Waals surface area contributed by atoms with E-state index >= 15 is 0 Å². The Kier molecular flexibility index (Phi) is 3.19. The van der Waals surface area contributed by atoms with Gasteiger partial charge in [0, 0.05) is 11.1 Å². The van der Waals surface area contributed by atoms with E-state index in [1.54, 1.807) is 11.3 Å². The second kappa shape index (κ2) is 4.41. The van der Waals surface area contributed by atoms with Gasteiger partial charge in [0.05, 0.1) is 6.04 Å². The highest BCUT2D eigenvalue weighted by Gasteiger charge is 2.20. The third-order valence-electron chi connectivity index (χ3n) is 2.71. The van der Waals surface area contributed by atoms with Crippen LogP contribution in [-0.4, -0.2) is 11.5 Å². The molecule has 1 aliphatic rings. The Bertz CT molecular complexity index is 291. The monoisotopic (exact) mass is 210 g/mol. The van der Waals surface area contributed by atoms with Gasteiger partial charge in [-0.1, -0.05) is 12.8 Å². The van der Waals surface area contributed by atoms with Crippen LogP contribution in [-0.2, 0) is 0 Å². The highest BCUT2D eigenvalue weighted by Crippen LogP contribution is 2.32. The number of aryl methyl sites for hydroxylation is 1. The van der Waals surface area contributed by atoms with Crippen LogP contribution >= 0.6 is 11.3 Å². The smallest absolute Gasteiger partial charge is 0.110 e. The van der Waals surface area contributed by atoms with Crippen molar-refractivity contribution >= 4 is 11.3 Å². The molecule has 1 saturated carbocycles. The van der Waals surface area contributed by atoms with Gasteiger partial charge in [-0.3, -0.25) is 0 Å². The summed E-state index contributed by atoms with van der Waals surface area (Å²) in [5, 5.41) is 6.87. The molecule has 0 amide bonds. The molecular weight excluding hydrogens is 192 g/mol. The lowest BCUT2D eigenvalue weighted by Gasteiger charge is -2.10. The average molecular weight is 210 g/mol. The second-order valence-corrected chi connectivity index (χ2v) is 5.12. The van der Waals surface area contributed by atoms with Gasteiger partial charge in [0.1, 0.15) is 5.01 Å². The Morgan fingerprint density at radius 2 is 2.43 bits per heavy atom. The van der Waals surface area contributed by atoms with E-state index in [4.69, 9.17) is 0 Å². The summed E-state index contributed by atoms with van der Waals surface area (Å²) in [5.41, 5.74) is 1.14. The van der Waals surface area contributed by atoms with Crippen LogP contribution in [0.3, 0.4) is 0 Å². The molecule has 1 heterocycles. The maximum absolute atomic E-state index is 4.48. The fourth-order valence-electron chi connectivity index (χ4n) is 1.57. The van der Waals surface area contributed by atoms with Gasteiger partial charge in [-0.2, -0.15) is 0 Å². The van der Waals surface area contributed by atoms with Crippen LogP contribution < -0.4 is 5.32 Å². The Labute approximate surface area is 89.8 Å². The number of rotatable bonds is 5. The molecule has 0 radical (unpaired) electrons. The van der Waals surface area contributed by atoms with E-state index in [1.807, 2.05) is 0 Å². The van der Waals surface area contributed by atoms with Crippen molar-refractivity contribution in [1.29, 1.82) is 0 Å². The normalized spacial score (nSPS) is 18.4. The molecule has 0 spiro atoms. The van der Waals surface area contributed by atoms with Gasteiger partial charge in [-0.05, 0) is 32.7 Å². The zero-order valence-electron chi connectivity index (χ0n) is 8.92. The molecule has 1 atom stereocenters. The van der Waals surface area contributed by atoms with Crippen LogP contribution in [0.15, 0.2) is 5.38 Å². The maximum atomic E-state index is 4.48. The topological polar surface area (TPSA) is 24.9 Å². The number of nitrogens with zero attached hydrogens (tertiary/aromatic N) is 1. The van der Waals surface area contributed by atoms with Gasteiger partial charge in [-0.25, -0.2) is 4.98 Å². The van der Waals surface area contributed by atoms with Crippen molar-refractivity contribution < 1.29 is 0 Å². The van der Waals surface area contributed by atoms with Gasteiger partial charge in [0.15, 0.2) is 0 Å². The van der Waals surface area contributed by atoms with Gasteiger partial charge < -0.3 is 5.32 Å². The molecule has 1 aromatic heterocycles. The number of thiazole rings is 1. The van der Waals surface area contributed by atoms with Gasteiger partial charge >= 0.3 is 0 Å². The fourth-order valence-corrected chi connectivity index (χ4v) is 2.40. The minimum absolute atomic E-state index is 0.424. The summed E-state index contributed by atoms with van der Waals surface area (Å²) in [7, 11) is 0. The molecule has 0 saturated heterocycles. The van der Waals surface area contributed by atoms with Gasteiger partial charge in [-0.15, -0.1) is 11.3 Å². The number of nitrogens with one attached hydrogen (secondary N) is 1. The molecule has 1 unspecified atom stereocenters. The first-order valence-corrected chi connectivity index (χ1v) is 6.29. The van der Waals surface area contributed by atoms with Crippen molar-refractivity contribution in [2.45, 2.75) is 39.2 Å². The van der Waals surface area contributed by atoms with Crippen molar-refractivity contribution in [2.75, 3.05) is 6.54 Å². The largest absolute Gasteiger partial charge is 0.308 e. The fraction of sp³-hybridized carbons (Fsp3) is 0.727. The van der Waals surface area contributed by atoms with E-state index < -0.39 is 0 Å². The van der Waals surface area contributed by atoms with Crippen LogP contribution in [0, 0.1) is 12.8 Å². The highest BCUT2D eigenvalue weighted by atomic mass is 32.1. The van der Waals surface area contributed by atoms with Crippen molar-refractivity contribution in [2.24, 2.45) is 5.92 Å². The molecular formula is C11H18N2S. The Hall–Kier alpha value is -0.410. The van der Waals surface area contributed by atoms with E-state index in [0.717, 1.165) is 18.2 Å². The SMILES string of the molecule is Cc1csc(C(C)NCCC2CC2)n1. The molecule has 1 aliphatic carbocycles. The molecule has 1 N–H and O–H groups in total. The molecule has 14 heavy (non-hydrogen) atoms. The molecule has 0 aromatic carbocycles. The Morgan fingerprint density at radius 3 is 3.00 bits per heavy atom. The first kappa shape index (κ1) is 10.1. The lowest BCUT2D eigenvalue weighted by atomic mass is 10.2. The third-order valence-corrected chi connectivity index (χ3v) is 3.85. The lowest BCUT2D eigenvalue weighted by molar-refractivity contribution is 0.537. The molecule has 2 nitrogen and oxygen atoms in total. The Morgan fingerprint density at radius 1 is 1.64 bits per heavy atom. The third kappa shape index (κ3) is 2.79. The van der Waals surface area contributed by atoms with Crippen molar-refractivity contribution in [3.63, 3.8) is 0 Å². The average Bonchev–Trinajstić information content (AvgIpc) is 2.87. The minimum atomic E-state index is 0.424. The summed E-state index contributed by atoms with van der Waals surface area (Å²) in [4.78, 5) is 4.48. The van der Waals surface area contributed by atoms with Crippen LogP contribution in [0.5, 0.6) is 0 Å². The number of hydrogen-bond acceptors (Lipinski definition) is 3. The summed E-state index contributed by atoms with van der Waals surface area (Å²) in [6.07, 6.45) is 4.24. The van der Waals surface area contributed by atoms with Crippen LogP contribution in [0.4, 0.5) is 0 Å². The summed E-state index contributed by atoms with van der Waals surface area (Å²) in [5.74, 6) is 1.02. The van der Waals surface area contributed by atoms with E-state index in [-0.39, 0.29) is 0 Å². The van der Waals surface area contributed by atoms with Crippen LogP contribution in [0.25, 0.3) is 0 Å². The highest BCUT2D eigenvalue weighted by molar-refractivity contribution is 7.09. The van der Waals surface area contributed by atoms with Crippen LogP contribution in [0.2, 0.25) is 0 Å². The Balaban J connectivity index is 1.73. The van der Waals surface area contributed by atoms with E-state index in [2.05, 4.69) is 29.5 Å². The minimum Gasteiger partial charge on any atom is -0.308 e. The van der Waals surface area contributed by atoms with E-state index in [1.165, 1.54) is 24.3 Å². The standard InChI is InChI=1S/C11H18N2S/c1-8-7-14-11(13-8)9(2)12-6-5-10-3-4-10/h7,9-10,12H,3-6H2,1-2H3. The number of hydrogen-bond donors (Lipinski definition) is 1. The molecule has 1 fully saturated rings. The molecule has 2 rings (SSSR count). The number of aromatic nitrogens is 1. The summed E-state index contributed by atoms with van der Waals surface area (Å²) < 4.78 is 0. The molecule has 1 aromatic rings. The van der Waals surface area contributed by atoms with Crippen molar-refractivity contribution in [3.8, 4) is 0 Å². The quantitative estimate of drug-likeness (QED) is 0.808. The second-order valence-electron chi connectivity index (χ2n) is 4.23. The molecule has 0 aliphatic heterocycles.